The Morgan fingerprint density at radius 1 is 1.50 bits per heavy atom. The van der Waals surface area contributed by atoms with Gasteiger partial charge in [-0.25, -0.2) is 4.39 Å². The summed E-state index contributed by atoms with van der Waals surface area (Å²) in [6, 6.07) is 1.18. The van der Waals surface area contributed by atoms with Crippen LogP contribution in [0.2, 0.25) is 5.02 Å². The molecule has 0 unspecified atom stereocenters. The molecule has 0 N–H and O–H groups in total. The van der Waals surface area contributed by atoms with Crippen molar-refractivity contribution in [3.05, 3.63) is 33.1 Å². The lowest BCUT2D eigenvalue weighted by atomic mass is 10.3. The molecule has 0 aromatic heterocycles. The lowest BCUT2D eigenvalue weighted by Gasteiger charge is -2.06. The zero-order chi connectivity index (χ0) is 9.30. The molecule has 1 aromatic carbocycles. The zero-order valence-electron chi connectivity index (χ0n) is 5.58. The molecule has 1 aromatic rings. The van der Waals surface area contributed by atoms with Gasteiger partial charge in [-0.15, -0.1) is 0 Å². The highest BCUT2D eigenvalue weighted by atomic mass is 35.5. The van der Waals surface area contributed by atoms with E-state index >= 15 is 0 Å². The fourth-order valence-corrected chi connectivity index (χ4v) is 0.819. The van der Waals surface area contributed by atoms with E-state index in [1.807, 2.05) is 0 Å². The minimum absolute atomic E-state index is 0.429. The van der Waals surface area contributed by atoms with Crippen LogP contribution in [0.3, 0.4) is 0 Å². The first kappa shape index (κ1) is 8.73. The molecule has 1 rings (SSSR count). The van der Waals surface area contributed by atoms with Gasteiger partial charge in [-0.2, -0.15) is 0 Å². The highest BCUT2D eigenvalue weighted by Gasteiger charge is 2.10. The van der Waals surface area contributed by atoms with Gasteiger partial charge in [0.2, 0.25) is 0 Å². The van der Waals surface area contributed by atoms with Crippen molar-refractivity contribution in [2.45, 2.75) is 0 Å². The average Bonchev–Trinajstić information content (AvgIpc) is 1.96. The molecule has 0 radical (unpaired) electrons. The number of hydrogen-bond donors (Lipinski definition) is 0. The zero-order valence-corrected chi connectivity index (χ0v) is 6.34. The van der Waals surface area contributed by atoms with Crippen LogP contribution in [0.1, 0.15) is 0 Å². The summed E-state index contributed by atoms with van der Waals surface area (Å²) in [6.07, 6.45) is 0. The molecule has 6 heteroatoms. The van der Waals surface area contributed by atoms with Crippen molar-refractivity contribution in [3.8, 4) is 5.75 Å². The Morgan fingerprint density at radius 2 is 2.08 bits per heavy atom. The lowest BCUT2D eigenvalue weighted by Crippen LogP contribution is -1.98. The van der Waals surface area contributed by atoms with Crippen LogP contribution in [0.25, 0.3) is 0 Å². The van der Waals surface area contributed by atoms with Gasteiger partial charge < -0.3 is 5.11 Å². The van der Waals surface area contributed by atoms with E-state index in [0.717, 1.165) is 0 Å². The van der Waals surface area contributed by atoms with Gasteiger partial charge in [0.25, 0.3) is 5.69 Å². The SMILES string of the molecule is O=[N+]([O-])c1cc(Cl)c(F)cc1[O-]. The summed E-state index contributed by atoms with van der Waals surface area (Å²) in [5.74, 6) is -1.94. The second kappa shape index (κ2) is 2.94. The van der Waals surface area contributed by atoms with E-state index in [2.05, 4.69) is 0 Å². The molecule has 0 atom stereocenters. The smallest absolute Gasteiger partial charge is 0.263 e. The molecule has 12 heavy (non-hydrogen) atoms. The van der Waals surface area contributed by atoms with E-state index in [9.17, 15) is 19.6 Å². The molecule has 0 aliphatic carbocycles. The van der Waals surface area contributed by atoms with Crippen LogP contribution >= 0.6 is 11.6 Å². The van der Waals surface area contributed by atoms with Crippen molar-refractivity contribution < 1.29 is 14.4 Å². The molecule has 0 aliphatic heterocycles. The molecule has 0 spiro atoms. The monoisotopic (exact) mass is 190 g/mol. The molecule has 0 bridgehead atoms. The van der Waals surface area contributed by atoms with Gasteiger partial charge in [0.1, 0.15) is 5.82 Å². The minimum atomic E-state index is -0.984. The largest absolute Gasteiger partial charge is 0.868 e. The summed E-state index contributed by atoms with van der Waals surface area (Å²) in [6.45, 7) is 0. The van der Waals surface area contributed by atoms with Gasteiger partial charge >= 0.3 is 0 Å². The third-order valence-corrected chi connectivity index (χ3v) is 1.49. The summed E-state index contributed by atoms with van der Waals surface area (Å²) >= 11 is 5.21. The second-order valence-electron chi connectivity index (χ2n) is 1.99. The molecular formula is C6H2ClFNO3-. The van der Waals surface area contributed by atoms with Gasteiger partial charge in [-0.05, 0) is 11.8 Å². The van der Waals surface area contributed by atoms with E-state index in [1.165, 1.54) is 0 Å². The third-order valence-electron chi connectivity index (χ3n) is 1.20. The number of nitro benzene ring substituents is 1. The molecule has 0 aliphatic rings. The Morgan fingerprint density at radius 3 is 2.58 bits per heavy atom. The van der Waals surface area contributed by atoms with Crippen molar-refractivity contribution >= 4 is 17.3 Å². The van der Waals surface area contributed by atoms with E-state index in [1.54, 1.807) is 0 Å². The van der Waals surface area contributed by atoms with Gasteiger partial charge in [0.15, 0.2) is 0 Å². The predicted octanol–water partition coefficient (Wildman–Crippen LogP) is 1.46. The van der Waals surface area contributed by atoms with Crippen LogP contribution in [0, 0.1) is 15.9 Å². The van der Waals surface area contributed by atoms with E-state index in [0.29, 0.717) is 12.1 Å². The van der Waals surface area contributed by atoms with E-state index < -0.39 is 27.2 Å². The molecule has 64 valence electrons. The highest BCUT2D eigenvalue weighted by molar-refractivity contribution is 6.31. The molecule has 0 heterocycles. The normalized spacial score (nSPS) is 9.83. The summed E-state index contributed by atoms with van der Waals surface area (Å²) < 4.78 is 12.5. The predicted molar refractivity (Wildman–Crippen MR) is 37.5 cm³/mol. The van der Waals surface area contributed by atoms with Crippen LogP contribution < -0.4 is 5.11 Å². The quantitative estimate of drug-likeness (QED) is 0.497. The molecule has 0 fully saturated rings. The molecule has 0 saturated heterocycles. The first-order chi connectivity index (χ1) is 5.52. The number of hydrogen-bond acceptors (Lipinski definition) is 3. The lowest BCUT2D eigenvalue weighted by molar-refractivity contribution is -0.398. The molecular weight excluding hydrogens is 189 g/mol. The first-order valence-electron chi connectivity index (χ1n) is 2.83. The van der Waals surface area contributed by atoms with Gasteiger partial charge in [0.05, 0.1) is 9.95 Å². The summed E-state index contributed by atoms with van der Waals surface area (Å²) in [5.41, 5.74) is -0.721. The van der Waals surface area contributed by atoms with Crippen LogP contribution in [-0.4, -0.2) is 4.92 Å². The third kappa shape index (κ3) is 1.45. The van der Waals surface area contributed by atoms with Crippen molar-refractivity contribution in [2.24, 2.45) is 0 Å². The molecule has 0 amide bonds. The van der Waals surface area contributed by atoms with Crippen LogP contribution in [0.4, 0.5) is 10.1 Å². The number of benzene rings is 1. The number of nitro groups is 1. The first-order valence-corrected chi connectivity index (χ1v) is 3.20. The van der Waals surface area contributed by atoms with Crippen molar-refractivity contribution in [1.29, 1.82) is 0 Å². The number of rotatable bonds is 1. The standard InChI is InChI=1S/C6H3ClFNO3/c7-3-1-5(9(11)12)6(10)2-4(3)8/h1-2,10H/p-1. The fourth-order valence-electron chi connectivity index (χ4n) is 0.661. The van der Waals surface area contributed by atoms with E-state index in [-0.39, 0.29) is 0 Å². The van der Waals surface area contributed by atoms with Gasteiger partial charge in [-0.3, -0.25) is 10.1 Å². The van der Waals surface area contributed by atoms with Crippen molar-refractivity contribution in [2.75, 3.05) is 0 Å². The molecule has 4 nitrogen and oxygen atoms in total. The topological polar surface area (TPSA) is 66.2 Å². The average molecular weight is 191 g/mol. The Kier molecular flexibility index (Phi) is 2.14. The van der Waals surface area contributed by atoms with Crippen LogP contribution in [0.5, 0.6) is 5.75 Å². The minimum Gasteiger partial charge on any atom is -0.868 e. The Bertz CT molecular complexity index is 342. The Hall–Kier alpha value is -1.36. The van der Waals surface area contributed by atoms with Crippen molar-refractivity contribution in [3.63, 3.8) is 0 Å². The molecule has 0 saturated carbocycles. The number of halogens is 2. The van der Waals surface area contributed by atoms with E-state index in [4.69, 9.17) is 11.6 Å². The second-order valence-corrected chi connectivity index (χ2v) is 2.40. The fraction of sp³-hybridized carbons (Fsp3) is 0. The summed E-state index contributed by atoms with van der Waals surface area (Å²) in [5, 5.41) is 20.4. The maximum atomic E-state index is 12.5. The Balaban J connectivity index is 3.33. The highest BCUT2D eigenvalue weighted by Crippen LogP contribution is 2.28. The van der Waals surface area contributed by atoms with Crippen molar-refractivity contribution in [1.82, 2.24) is 0 Å². The Labute approximate surface area is 71.3 Å². The summed E-state index contributed by atoms with van der Waals surface area (Å²) in [7, 11) is 0. The maximum Gasteiger partial charge on any atom is 0.263 e. The van der Waals surface area contributed by atoms with Gasteiger partial charge in [0, 0.05) is 6.07 Å². The maximum absolute atomic E-state index is 12.5. The van der Waals surface area contributed by atoms with Gasteiger partial charge in [-0.1, -0.05) is 11.6 Å². The summed E-state index contributed by atoms with van der Waals surface area (Å²) in [4.78, 5) is 9.20. The number of nitrogens with zero attached hydrogens (tertiary/aromatic N) is 1. The van der Waals surface area contributed by atoms with Crippen LogP contribution in [0.15, 0.2) is 12.1 Å². The van der Waals surface area contributed by atoms with Crippen LogP contribution in [-0.2, 0) is 0 Å².